The molecule has 0 aliphatic heterocycles. The Kier molecular flexibility index (Phi) is 10.0. The summed E-state index contributed by atoms with van der Waals surface area (Å²) in [6.07, 6.45) is 7.26. The summed E-state index contributed by atoms with van der Waals surface area (Å²) in [4.78, 5) is 4.57. The third-order valence-electron chi connectivity index (χ3n) is 8.78. The van der Waals surface area contributed by atoms with Gasteiger partial charge in [0.25, 0.3) is 0 Å². The molecule has 0 fully saturated rings. The molecule has 0 saturated carbocycles. The summed E-state index contributed by atoms with van der Waals surface area (Å²) in [6, 6.07) is 11.1. The number of hydrogen-bond donors (Lipinski definition) is 1. The van der Waals surface area contributed by atoms with E-state index in [2.05, 4.69) is 55.7 Å². The number of halogens is 1. The highest BCUT2D eigenvalue weighted by atomic mass is 19.1. The number of phenols is 1. The van der Waals surface area contributed by atoms with Crippen LogP contribution in [0.3, 0.4) is 0 Å². The molecule has 3 atom stereocenters. The zero-order chi connectivity index (χ0) is 29.7. The molecule has 0 spiro atoms. The molecular weight excluding hydrogens is 519 g/mol. The first-order valence-corrected chi connectivity index (χ1v) is 14.7. The van der Waals surface area contributed by atoms with Crippen LogP contribution in [-0.2, 0) is 28.9 Å². The molecule has 2 aliphatic carbocycles. The number of aryl methyl sites for hydroxylation is 1. The second-order valence-corrected chi connectivity index (χ2v) is 12.3. The number of ether oxygens (including phenoxy) is 3. The molecule has 2 aromatic rings. The monoisotopic (exact) mass is 566 g/mol. The van der Waals surface area contributed by atoms with Crippen molar-refractivity contribution in [1.29, 1.82) is 0 Å². The van der Waals surface area contributed by atoms with Gasteiger partial charge in [0.1, 0.15) is 12.4 Å². The van der Waals surface area contributed by atoms with Gasteiger partial charge in [-0.3, -0.25) is 9.80 Å². The Labute approximate surface area is 245 Å². The molecule has 2 aromatic carbocycles. The van der Waals surface area contributed by atoms with Crippen molar-refractivity contribution >= 4 is 0 Å². The van der Waals surface area contributed by atoms with Crippen LogP contribution in [0.5, 0.6) is 11.5 Å². The lowest BCUT2D eigenvalue weighted by molar-refractivity contribution is 0.132. The van der Waals surface area contributed by atoms with Gasteiger partial charge in [0.05, 0.1) is 14.2 Å². The first-order chi connectivity index (χ1) is 19.5. The minimum Gasteiger partial charge on any atom is -0.508 e. The molecule has 0 radical (unpaired) electrons. The van der Waals surface area contributed by atoms with Crippen LogP contribution in [0.25, 0.3) is 0 Å². The van der Waals surface area contributed by atoms with E-state index < -0.39 is 0 Å². The van der Waals surface area contributed by atoms with Gasteiger partial charge in [-0.05, 0) is 113 Å². The van der Waals surface area contributed by atoms with Crippen molar-refractivity contribution in [1.82, 2.24) is 9.80 Å². The van der Waals surface area contributed by atoms with Crippen molar-refractivity contribution < 1.29 is 23.7 Å². The van der Waals surface area contributed by atoms with Crippen molar-refractivity contribution in [3.63, 3.8) is 0 Å². The second-order valence-electron chi connectivity index (χ2n) is 12.3. The summed E-state index contributed by atoms with van der Waals surface area (Å²) in [5, 5.41) is 9.95. The van der Waals surface area contributed by atoms with E-state index >= 15 is 4.39 Å². The molecule has 4 rings (SSSR count). The molecule has 224 valence electrons. The highest BCUT2D eigenvalue weighted by Crippen LogP contribution is 2.40. The quantitative estimate of drug-likeness (QED) is 0.343. The zero-order valence-electron chi connectivity index (χ0n) is 25.7. The van der Waals surface area contributed by atoms with Crippen molar-refractivity contribution in [3.8, 4) is 11.5 Å². The minimum atomic E-state index is -0.334. The zero-order valence-corrected chi connectivity index (χ0v) is 25.7. The second kappa shape index (κ2) is 13.3. The summed E-state index contributed by atoms with van der Waals surface area (Å²) in [6.45, 7) is 11.1. The molecule has 0 aromatic heterocycles. The van der Waals surface area contributed by atoms with Gasteiger partial charge in [-0.1, -0.05) is 19.1 Å². The summed E-state index contributed by atoms with van der Waals surface area (Å²) in [5.41, 5.74) is 3.46. The maximum Gasteiger partial charge on any atom is 0.165 e. The van der Waals surface area contributed by atoms with Gasteiger partial charge in [-0.2, -0.15) is 0 Å². The van der Waals surface area contributed by atoms with Crippen LogP contribution in [0.2, 0.25) is 0 Å². The van der Waals surface area contributed by atoms with Crippen LogP contribution >= 0.6 is 0 Å². The maximum atomic E-state index is 15.1. The Bertz CT molecular complexity index is 1250. The summed E-state index contributed by atoms with van der Waals surface area (Å²) < 4.78 is 32.4. The maximum absolute atomic E-state index is 15.1. The van der Waals surface area contributed by atoms with E-state index in [4.69, 9.17) is 14.2 Å². The molecule has 6 nitrogen and oxygen atoms in total. The molecule has 0 amide bonds. The van der Waals surface area contributed by atoms with Crippen molar-refractivity contribution in [2.24, 2.45) is 11.8 Å². The fourth-order valence-electron chi connectivity index (χ4n) is 5.95. The number of benzene rings is 2. The number of phenolic OH excluding ortho intramolecular Hbond substituents is 1. The van der Waals surface area contributed by atoms with Gasteiger partial charge in [-0.25, -0.2) is 4.39 Å². The van der Waals surface area contributed by atoms with Gasteiger partial charge >= 0.3 is 0 Å². The van der Waals surface area contributed by atoms with E-state index in [-0.39, 0.29) is 29.1 Å². The minimum absolute atomic E-state index is 0.0344. The number of fused-ring (bicyclic) bond motifs is 1. The lowest BCUT2D eigenvalue weighted by Gasteiger charge is -2.41. The van der Waals surface area contributed by atoms with Gasteiger partial charge in [0.15, 0.2) is 23.1 Å². The predicted octanol–water partition coefficient (Wildman–Crippen LogP) is 6.33. The van der Waals surface area contributed by atoms with E-state index in [0.29, 0.717) is 24.8 Å². The van der Waals surface area contributed by atoms with Crippen LogP contribution in [0, 0.1) is 17.7 Å². The molecule has 0 heterocycles. The van der Waals surface area contributed by atoms with Crippen molar-refractivity contribution in [2.75, 3.05) is 41.0 Å². The Morgan fingerprint density at radius 1 is 1.00 bits per heavy atom. The first kappa shape index (κ1) is 30.9. The van der Waals surface area contributed by atoms with Crippen molar-refractivity contribution in [3.05, 3.63) is 82.6 Å². The number of nitrogens with zero attached hydrogens (tertiary/aromatic N) is 2. The number of methoxy groups -OCH3 is 2. The predicted molar refractivity (Wildman–Crippen MR) is 161 cm³/mol. The Balaban J connectivity index is 1.51. The molecule has 2 aliphatic rings. The Morgan fingerprint density at radius 3 is 2.39 bits per heavy atom. The number of rotatable bonds is 11. The third kappa shape index (κ3) is 7.44. The van der Waals surface area contributed by atoms with Crippen LogP contribution < -0.4 is 4.74 Å². The van der Waals surface area contributed by atoms with Gasteiger partial charge in [0.2, 0.25) is 0 Å². The summed E-state index contributed by atoms with van der Waals surface area (Å²) in [5.74, 6) is 2.34. The normalized spacial score (nSPS) is 20.9. The molecule has 2 unspecified atom stereocenters. The summed E-state index contributed by atoms with van der Waals surface area (Å²) >= 11 is 0. The van der Waals surface area contributed by atoms with Gasteiger partial charge in [0, 0.05) is 30.6 Å². The third-order valence-corrected chi connectivity index (χ3v) is 8.78. The fraction of sp³-hybridized carbons (Fsp3) is 0.529. The Hall–Kier alpha value is -3.03. The highest BCUT2D eigenvalue weighted by molar-refractivity contribution is 5.38. The molecule has 0 saturated heterocycles. The van der Waals surface area contributed by atoms with E-state index in [9.17, 15) is 5.11 Å². The summed E-state index contributed by atoms with van der Waals surface area (Å²) in [7, 11) is 5.40. The fourth-order valence-corrected chi connectivity index (χ4v) is 5.95. The Morgan fingerprint density at radius 2 is 1.73 bits per heavy atom. The molecule has 7 heteroatoms. The molecule has 0 bridgehead atoms. The lowest BCUT2D eigenvalue weighted by atomic mass is 9.72. The number of hydrogen-bond acceptors (Lipinski definition) is 6. The van der Waals surface area contributed by atoms with Crippen LogP contribution in [-0.4, -0.2) is 67.5 Å². The van der Waals surface area contributed by atoms with E-state index in [0.717, 1.165) is 49.4 Å². The van der Waals surface area contributed by atoms with Crippen LogP contribution in [0.1, 0.15) is 50.8 Å². The smallest absolute Gasteiger partial charge is 0.165 e. The SMILES string of the molecule is CCN(Cc1ccc(OCCN(C)C(C)(C)C)c(F)c1)C1C=C(OC)C(OC)=CC1[C@@H]1CCc2cc(O)ccc2C1. The molecule has 1 N–H and O–H groups in total. The largest absolute Gasteiger partial charge is 0.508 e. The average molecular weight is 567 g/mol. The molecule has 41 heavy (non-hydrogen) atoms. The topological polar surface area (TPSA) is 54.4 Å². The lowest BCUT2D eigenvalue weighted by Crippen LogP contribution is -2.44. The van der Waals surface area contributed by atoms with E-state index in [1.807, 2.05) is 19.2 Å². The average Bonchev–Trinajstić information content (AvgIpc) is 2.95. The molecular formula is C34H47FN2O4. The van der Waals surface area contributed by atoms with Crippen LogP contribution in [0.15, 0.2) is 60.1 Å². The van der Waals surface area contributed by atoms with Gasteiger partial charge in [-0.15, -0.1) is 0 Å². The highest BCUT2D eigenvalue weighted by Gasteiger charge is 2.37. The number of likely N-dealkylation sites (N-methyl/N-ethyl adjacent to an activating group) is 2. The number of aromatic hydroxyl groups is 1. The van der Waals surface area contributed by atoms with Gasteiger partial charge < -0.3 is 19.3 Å². The van der Waals surface area contributed by atoms with E-state index in [1.165, 1.54) is 11.1 Å². The standard InChI is InChI=1S/C34H47FN2O4/c1-8-37(22-23-9-14-31(29(35)17-23)41-16-15-36(5)34(2,3)4)30-21-33(40-7)32(39-6)20-28(30)26-11-10-25-19-27(38)13-12-24(25)18-26/h9,12-14,17,19-21,26,28,30,38H,8,10-11,15-16,18,22H2,1-7H3/t26-,28?,30?/m1/s1. The van der Waals surface area contributed by atoms with E-state index in [1.54, 1.807) is 32.4 Å². The first-order valence-electron chi connectivity index (χ1n) is 14.7. The van der Waals surface area contributed by atoms with Crippen molar-refractivity contribution in [2.45, 2.75) is 65.1 Å². The van der Waals surface area contributed by atoms with Crippen LogP contribution in [0.4, 0.5) is 4.39 Å².